The van der Waals surface area contributed by atoms with E-state index in [2.05, 4.69) is 4.90 Å². The third-order valence-corrected chi connectivity index (χ3v) is 3.73. The van der Waals surface area contributed by atoms with E-state index >= 15 is 0 Å². The molecule has 0 aromatic heterocycles. The number of hydrogen-bond donors (Lipinski definition) is 1. The van der Waals surface area contributed by atoms with E-state index < -0.39 is 0 Å². The highest BCUT2D eigenvalue weighted by Crippen LogP contribution is 2.35. The van der Waals surface area contributed by atoms with Gasteiger partial charge >= 0.3 is 0 Å². The fourth-order valence-electron chi connectivity index (χ4n) is 2.69. The van der Waals surface area contributed by atoms with Crippen molar-refractivity contribution in [3.63, 3.8) is 0 Å². The molecule has 2 aromatic rings. The minimum atomic E-state index is -0.170. The van der Waals surface area contributed by atoms with E-state index in [9.17, 15) is 4.39 Å². The van der Waals surface area contributed by atoms with Gasteiger partial charge in [0, 0.05) is 18.7 Å². The molecule has 21 heavy (non-hydrogen) atoms. The van der Waals surface area contributed by atoms with Gasteiger partial charge in [-0.05, 0) is 30.7 Å². The number of nitrogens with zero attached hydrogens (tertiary/aromatic N) is 1. The van der Waals surface area contributed by atoms with Crippen LogP contribution in [-0.4, -0.2) is 12.6 Å². The zero-order chi connectivity index (χ0) is 14.8. The average molecular weight is 286 g/mol. The van der Waals surface area contributed by atoms with Gasteiger partial charge in [-0.25, -0.2) is 4.39 Å². The van der Waals surface area contributed by atoms with Crippen molar-refractivity contribution in [3.05, 3.63) is 59.4 Å². The molecule has 1 heterocycles. The fraction of sp³-hybridized carbons (Fsp3) is 0.294. The van der Waals surface area contributed by atoms with Crippen LogP contribution in [0.15, 0.2) is 42.5 Å². The molecule has 0 fully saturated rings. The van der Waals surface area contributed by atoms with Crippen LogP contribution >= 0.6 is 0 Å². The molecule has 3 nitrogen and oxygen atoms in total. The second-order valence-corrected chi connectivity index (χ2v) is 5.41. The molecule has 1 aliphatic rings. The number of benzene rings is 2. The summed E-state index contributed by atoms with van der Waals surface area (Å²) < 4.78 is 19.7. The van der Waals surface area contributed by atoms with Gasteiger partial charge < -0.3 is 15.4 Å². The molecule has 0 amide bonds. The van der Waals surface area contributed by atoms with Gasteiger partial charge in [0.15, 0.2) is 0 Å². The second kappa shape index (κ2) is 5.74. The minimum Gasteiger partial charge on any atom is -0.487 e. The van der Waals surface area contributed by atoms with Crippen molar-refractivity contribution in [2.75, 3.05) is 11.4 Å². The standard InChI is InChI=1S/C17H19FN2O/c1-12-10-20(11-14-4-2-3-5-15(14)18)16-7-6-13(9-19)8-17(16)21-12/h2-8,12H,9-11,19H2,1H3. The Morgan fingerprint density at radius 3 is 2.86 bits per heavy atom. The van der Waals surface area contributed by atoms with Gasteiger partial charge in [0.2, 0.25) is 0 Å². The van der Waals surface area contributed by atoms with Crippen molar-refractivity contribution >= 4 is 5.69 Å². The van der Waals surface area contributed by atoms with Crippen molar-refractivity contribution in [3.8, 4) is 5.75 Å². The first kappa shape index (κ1) is 13.9. The van der Waals surface area contributed by atoms with E-state index in [1.54, 1.807) is 6.07 Å². The maximum Gasteiger partial charge on any atom is 0.143 e. The van der Waals surface area contributed by atoms with Gasteiger partial charge in [0.1, 0.15) is 17.7 Å². The highest BCUT2D eigenvalue weighted by atomic mass is 19.1. The van der Waals surface area contributed by atoms with Crippen LogP contribution in [0, 0.1) is 5.82 Å². The van der Waals surface area contributed by atoms with Crippen LogP contribution in [0.3, 0.4) is 0 Å². The molecule has 0 bridgehead atoms. The molecule has 0 saturated carbocycles. The summed E-state index contributed by atoms with van der Waals surface area (Å²) in [6.45, 7) is 3.78. The lowest BCUT2D eigenvalue weighted by atomic mass is 10.1. The zero-order valence-electron chi connectivity index (χ0n) is 12.1. The van der Waals surface area contributed by atoms with E-state index in [1.807, 2.05) is 37.3 Å². The van der Waals surface area contributed by atoms with Crippen LogP contribution in [0.25, 0.3) is 0 Å². The van der Waals surface area contributed by atoms with E-state index in [-0.39, 0.29) is 11.9 Å². The van der Waals surface area contributed by atoms with Crippen molar-refractivity contribution in [2.45, 2.75) is 26.1 Å². The van der Waals surface area contributed by atoms with Gasteiger partial charge in [-0.15, -0.1) is 0 Å². The molecule has 0 saturated heterocycles. The van der Waals surface area contributed by atoms with Crippen molar-refractivity contribution in [2.24, 2.45) is 5.73 Å². The quantitative estimate of drug-likeness (QED) is 0.942. The summed E-state index contributed by atoms with van der Waals surface area (Å²) in [6, 6.07) is 12.9. The predicted octanol–water partition coefficient (Wildman–Crippen LogP) is 3.07. The molecule has 110 valence electrons. The molecular formula is C17H19FN2O. The lowest BCUT2D eigenvalue weighted by Crippen LogP contribution is -2.38. The largest absolute Gasteiger partial charge is 0.487 e. The van der Waals surface area contributed by atoms with Crippen molar-refractivity contribution < 1.29 is 9.13 Å². The van der Waals surface area contributed by atoms with Crippen molar-refractivity contribution in [1.82, 2.24) is 0 Å². The Kier molecular flexibility index (Phi) is 3.80. The Bertz CT molecular complexity index is 644. The number of fused-ring (bicyclic) bond motifs is 1. The average Bonchev–Trinajstić information content (AvgIpc) is 2.48. The molecule has 0 spiro atoms. The highest BCUT2D eigenvalue weighted by molar-refractivity contribution is 5.61. The Balaban J connectivity index is 1.92. The molecule has 1 atom stereocenters. The SMILES string of the molecule is CC1CN(Cc2ccccc2F)c2ccc(CN)cc2O1. The first-order valence-electron chi connectivity index (χ1n) is 7.15. The summed E-state index contributed by atoms with van der Waals surface area (Å²) in [7, 11) is 0. The number of ether oxygens (including phenoxy) is 1. The second-order valence-electron chi connectivity index (χ2n) is 5.41. The monoisotopic (exact) mass is 286 g/mol. The number of hydrogen-bond acceptors (Lipinski definition) is 3. The van der Waals surface area contributed by atoms with Gasteiger partial charge in [-0.2, -0.15) is 0 Å². The topological polar surface area (TPSA) is 38.5 Å². The van der Waals surface area contributed by atoms with E-state index in [1.165, 1.54) is 6.07 Å². The Hall–Kier alpha value is -2.07. The molecule has 4 heteroatoms. The fourth-order valence-corrected chi connectivity index (χ4v) is 2.69. The van der Waals surface area contributed by atoms with Gasteiger partial charge in [-0.3, -0.25) is 0 Å². The number of nitrogens with two attached hydrogens (primary N) is 1. The Morgan fingerprint density at radius 2 is 2.10 bits per heavy atom. The van der Waals surface area contributed by atoms with Crippen LogP contribution in [-0.2, 0) is 13.1 Å². The smallest absolute Gasteiger partial charge is 0.143 e. The number of halogens is 1. The Morgan fingerprint density at radius 1 is 1.29 bits per heavy atom. The van der Waals surface area contributed by atoms with Crippen LogP contribution in [0.5, 0.6) is 5.75 Å². The van der Waals surface area contributed by atoms with E-state index in [0.29, 0.717) is 18.7 Å². The summed E-state index contributed by atoms with van der Waals surface area (Å²) in [5.74, 6) is 0.657. The minimum absolute atomic E-state index is 0.0669. The molecule has 2 N–H and O–H groups in total. The van der Waals surface area contributed by atoms with E-state index in [0.717, 1.165) is 23.5 Å². The summed E-state index contributed by atoms with van der Waals surface area (Å²) in [6.07, 6.45) is 0.0669. The molecule has 1 aliphatic heterocycles. The van der Waals surface area contributed by atoms with Gasteiger partial charge in [0.05, 0.1) is 12.2 Å². The zero-order valence-corrected chi connectivity index (χ0v) is 12.1. The summed E-state index contributed by atoms with van der Waals surface area (Å²) in [5, 5.41) is 0. The normalized spacial score (nSPS) is 17.3. The maximum atomic E-state index is 13.9. The van der Waals surface area contributed by atoms with Crippen LogP contribution in [0.1, 0.15) is 18.1 Å². The third kappa shape index (κ3) is 2.85. The van der Waals surface area contributed by atoms with E-state index in [4.69, 9.17) is 10.5 Å². The predicted molar refractivity (Wildman–Crippen MR) is 81.9 cm³/mol. The van der Waals surface area contributed by atoms with Crippen LogP contribution in [0.2, 0.25) is 0 Å². The van der Waals surface area contributed by atoms with Crippen LogP contribution < -0.4 is 15.4 Å². The molecule has 2 aromatic carbocycles. The number of anilines is 1. The first-order chi connectivity index (χ1) is 10.2. The lowest BCUT2D eigenvalue weighted by Gasteiger charge is -2.35. The molecule has 0 radical (unpaired) electrons. The van der Waals surface area contributed by atoms with Crippen molar-refractivity contribution in [1.29, 1.82) is 0 Å². The van der Waals surface area contributed by atoms with Crippen LogP contribution in [0.4, 0.5) is 10.1 Å². The molecule has 1 unspecified atom stereocenters. The Labute approximate surface area is 124 Å². The molecule has 3 rings (SSSR count). The molecule has 0 aliphatic carbocycles. The summed E-state index contributed by atoms with van der Waals surface area (Å²) in [5.41, 5.74) is 8.40. The van der Waals surface area contributed by atoms with Gasteiger partial charge in [0.25, 0.3) is 0 Å². The molecular weight excluding hydrogens is 267 g/mol. The highest BCUT2D eigenvalue weighted by Gasteiger charge is 2.23. The van der Waals surface area contributed by atoms with Gasteiger partial charge in [-0.1, -0.05) is 24.3 Å². The maximum absolute atomic E-state index is 13.9. The summed E-state index contributed by atoms with van der Waals surface area (Å²) >= 11 is 0. The third-order valence-electron chi connectivity index (χ3n) is 3.73. The lowest BCUT2D eigenvalue weighted by molar-refractivity contribution is 0.211. The number of rotatable bonds is 3. The summed E-state index contributed by atoms with van der Waals surface area (Å²) in [4.78, 5) is 2.15. The first-order valence-corrected chi connectivity index (χ1v) is 7.15.